The van der Waals surface area contributed by atoms with Gasteiger partial charge < -0.3 is 5.32 Å². The molecule has 2 aromatic rings. The molecule has 0 amide bonds. The van der Waals surface area contributed by atoms with Crippen LogP contribution in [0.5, 0.6) is 0 Å². The molecule has 2 aliphatic rings. The number of nitrogens with zero attached hydrogens (tertiary/aromatic N) is 2. The molecule has 0 radical (unpaired) electrons. The van der Waals surface area contributed by atoms with Crippen LogP contribution < -0.4 is 5.32 Å². The molecule has 20 heavy (non-hydrogen) atoms. The molecule has 0 spiro atoms. The van der Waals surface area contributed by atoms with E-state index < -0.39 is 0 Å². The smallest absolute Gasteiger partial charge is 0.116 e. The fourth-order valence-corrected chi connectivity index (χ4v) is 3.17. The molecule has 0 bridgehead atoms. The zero-order valence-corrected chi connectivity index (χ0v) is 11.6. The number of aromatic nitrogens is 2. The lowest BCUT2D eigenvalue weighted by atomic mass is 9.80. The lowest BCUT2D eigenvalue weighted by Crippen LogP contribution is -2.25. The van der Waals surface area contributed by atoms with Gasteiger partial charge in [0.05, 0.1) is 11.4 Å². The summed E-state index contributed by atoms with van der Waals surface area (Å²) in [6, 6.07) is 9.02. The van der Waals surface area contributed by atoms with E-state index in [9.17, 15) is 0 Å². The third kappa shape index (κ3) is 2.02. The third-order valence-electron chi connectivity index (χ3n) is 4.64. The fourth-order valence-electron chi connectivity index (χ4n) is 3.17. The van der Waals surface area contributed by atoms with E-state index >= 15 is 0 Å². The molecule has 0 unspecified atom stereocenters. The van der Waals surface area contributed by atoms with Gasteiger partial charge in [0.2, 0.25) is 0 Å². The highest BCUT2D eigenvalue weighted by Crippen LogP contribution is 2.37. The van der Waals surface area contributed by atoms with Crippen molar-refractivity contribution in [2.75, 3.05) is 6.54 Å². The number of hydrogen-bond donors (Lipinski definition) is 1. The van der Waals surface area contributed by atoms with E-state index in [0.29, 0.717) is 0 Å². The van der Waals surface area contributed by atoms with E-state index in [4.69, 9.17) is 0 Å². The molecule has 4 rings (SSSR count). The maximum absolute atomic E-state index is 4.52. The van der Waals surface area contributed by atoms with Crippen molar-refractivity contribution in [1.29, 1.82) is 0 Å². The highest BCUT2D eigenvalue weighted by atomic mass is 14.9. The molecule has 1 saturated carbocycles. The normalized spacial score (nSPS) is 18.4. The number of rotatable bonds is 2. The molecule has 1 aliphatic heterocycles. The van der Waals surface area contributed by atoms with Gasteiger partial charge in [0.25, 0.3) is 0 Å². The predicted octanol–water partition coefficient (Wildman–Crippen LogP) is 3.06. The van der Waals surface area contributed by atoms with Crippen molar-refractivity contribution in [2.45, 2.75) is 38.1 Å². The average Bonchev–Trinajstić information content (AvgIpc) is 2.46. The monoisotopic (exact) mass is 265 g/mol. The molecular weight excluding hydrogens is 246 g/mol. The summed E-state index contributed by atoms with van der Waals surface area (Å²) in [5, 5.41) is 3.42. The van der Waals surface area contributed by atoms with Crippen molar-refractivity contribution in [2.24, 2.45) is 0 Å². The molecule has 1 aromatic heterocycles. The Kier molecular flexibility index (Phi) is 3.00. The van der Waals surface area contributed by atoms with Crippen LogP contribution in [0.4, 0.5) is 0 Å². The Morgan fingerprint density at radius 3 is 2.65 bits per heavy atom. The van der Waals surface area contributed by atoms with Crippen LogP contribution in [-0.2, 0) is 13.0 Å². The first-order chi connectivity index (χ1) is 9.92. The fraction of sp³-hybridized carbons (Fsp3) is 0.412. The number of fused-ring (bicyclic) bond motifs is 1. The van der Waals surface area contributed by atoms with E-state index in [2.05, 4.69) is 39.6 Å². The Morgan fingerprint density at radius 2 is 1.90 bits per heavy atom. The summed E-state index contributed by atoms with van der Waals surface area (Å²) in [4.78, 5) is 8.94. The van der Waals surface area contributed by atoms with Gasteiger partial charge in [0, 0.05) is 30.6 Å². The Morgan fingerprint density at radius 1 is 1.05 bits per heavy atom. The molecule has 1 N–H and O–H groups in total. The molecule has 0 atom stereocenters. The summed E-state index contributed by atoms with van der Waals surface area (Å²) < 4.78 is 0. The molecule has 1 aromatic carbocycles. The third-order valence-corrected chi connectivity index (χ3v) is 4.64. The van der Waals surface area contributed by atoms with Crippen LogP contribution in [-0.4, -0.2) is 16.5 Å². The highest BCUT2D eigenvalue weighted by molar-refractivity contribution is 5.64. The van der Waals surface area contributed by atoms with E-state index in [0.717, 1.165) is 31.1 Å². The zero-order valence-electron chi connectivity index (χ0n) is 11.6. The molecule has 1 fully saturated rings. The summed E-state index contributed by atoms with van der Waals surface area (Å²) in [5.74, 6) is 0.796. The quantitative estimate of drug-likeness (QED) is 0.907. The largest absolute Gasteiger partial charge is 0.312 e. The predicted molar refractivity (Wildman–Crippen MR) is 79.5 cm³/mol. The van der Waals surface area contributed by atoms with E-state index in [1.807, 2.05) is 0 Å². The van der Waals surface area contributed by atoms with E-state index in [1.54, 1.807) is 6.33 Å². The van der Waals surface area contributed by atoms with Crippen LogP contribution in [0.1, 0.15) is 42.0 Å². The van der Waals surface area contributed by atoms with Crippen molar-refractivity contribution in [3.05, 3.63) is 47.4 Å². The van der Waals surface area contributed by atoms with Gasteiger partial charge >= 0.3 is 0 Å². The Balaban J connectivity index is 1.70. The van der Waals surface area contributed by atoms with Crippen LogP contribution in [0.2, 0.25) is 0 Å². The second-order valence-electron chi connectivity index (χ2n) is 5.82. The van der Waals surface area contributed by atoms with Crippen LogP contribution >= 0.6 is 0 Å². The van der Waals surface area contributed by atoms with Crippen molar-refractivity contribution < 1.29 is 0 Å². The number of nitrogens with one attached hydrogen (secondary N) is 1. The zero-order chi connectivity index (χ0) is 13.4. The summed E-state index contributed by atoms with van der Waals surface area (Å²) in [7, 11) is 0. The Labute approximate surface area is 119 Å². The summed E-state index contributed by atoms with van der Waals surface area (Å²) in [6.07, 6.45) is 6.81. The SMILES string of the molecule is c1nc2c(c(-c3ccc(C4CCC4)cc3)n1)CNCC2. The minimum absolute atomic E-state index is 0.796. The van der Waals surface area contributed by atoms with Gasteiger partial charge in [0.15, 0.2) is 0 Å². The van der Waals surface area contributed by atoms with Gasteiger partial charge in [-0.1, -0.05) is 30.7 Å². The Hall–Kier alpha value is -1.74. The number of benzene rings is 1. The van der Waals surface area contributed by atoms with Crippen LogP contribution in [0.25, 0.3) is 11.3 Å². The van der Waals surface area contributed by atoms with Crippen molar-refractivity contribution in [3.63, 3.8) is 0 Å². The van der Waals surface area contributed by atoms with Gasteiger partial charge in [0.1, 0.15) is 6.33 Å². The first-order valence-corrected chi connectivity index (χ1v) is 7.55. The molecule has 102 valence electrons. The topological polar surface area (TPSA) is 37.8 Å². The first kappa shape index (κ1) is 12.0. The second-order valence-corrected chi connectivity index (χ2v) is 5.82. The summed E-state index contributed by atoms with van der Waals surface area (Å²) in [5.41, 5.74) is 6.28. The van der Waals surface area contributed by atoms with Crippen molar-refractivity contribution in [1.82, 2.24) is 15.3 Å². The van der Waals surface area contributed by atoms with Crippen LogP contribution in [0, 0.1) is 0 Å². The molecular formula is C17H19N3. The van der Waals surface area contributed by atoms with Gasteiger partial charge in [-0.2, -0.15) is 0 Å². The first-order valence-electron chi connectivity index (χ1n) is 7.55. The van der Waals surface area contributed by atoms with E-state index in [-0.39, 0.29) is 0 Å². The van der Waals surface area contributed by atoms with Crippen molar-refractivity contribution >= 4 is 0 Å². The van der Waals surface area contributed by atoms with Crippen LogP contribution in [0.3, 0.4) is 0 Å². The van der Waals surface area contributed by atoms with Crippen molar-refractivity contribution in [3.8, 4) is 11.3 Å². The summed E-state index contributed by atoms with van der Waals surface area (Å²) >= 11 is 0. The lowest BCUT2D eigenvalue weighted by Gasteiger charge is -2.26. The second kappa shape index (κ2) is 4.98. The van der Waals surface area contributed by atoms with Gasteiger partial charge in [-0.15, -0.1) is 0 Å². The molecule has 3 nitrogen and oxygen atoms in total. The average molecular weight is 265 g/mol. The minimum atomic E-state index is 0.796. The van der Waals surface area contributed by atoms with Crippen LogP contribution in [0.15, 0.2) is 30.6 Å². The molecule has 0 saturated heterocycles. The lowest BCUT2D eigenvalue weighted by molar-refractivity contribution is 0.420. The van der Waals surface area contributed by atoms with E-state index in [1.165, 1.54) is 41.6 Å². The maximum Gasteiger partial charge on any atom is 0.116 e. The van der Waals surface area contributed by atoms with Gasteiger partial charge in [-0.05, 0) is 24.3 Å². The van der Waals surface area contributed by atoms with Gasteiger partial charge in [-0.3, -0.25) is 0 Å². The molecule has 1 aliphatic carbocycles. The molecule has 3 heteroatoms. The Bertz CT molecular complexity index is 615. The number of hydrogen-bond acceptors (Lipinski definition) is 3. The maximum atomic E-state index is 4.52. The van der Waals surface area contributed by atoms with Gasteiger partial charge in [-0.25, -0.2) is 9.97 Å². The highest BCUT2D eigenvalue weighted by Gasteiger charge is 2.20. The summed E-state index contributed by atoms with van der Waals surface area (Å²) in [6.45, 7) is 1.90. The minimum Gasteiger partial charge on any atom is -0.312 e. The standard InChI is InChI=1S/C17H19N3/c1-2-12(3-1)13-4-6-14(7-5-13)17-15-10-18-9-8-16(15)19-11-20-17/h4-7,11-12,18H,1-3,8-10H2. The molecule has 2 heterocycles.